The topological polar surface area (TPSA) is 0 Å². The molecule has 3 fully saturated rings. The first-order chi connectivity index (χ1) is 9.26. The molecule has 0 aliphatic heterocycles. The third kappa shape index (κ3) is 2.50. The SMILES string of the molecule is C[C@H](Cl)[PH](C1CCCC1)(C1CCCC1)C1CCCC1. The van der Waals surface area contributed by atoms with E-state index in [1.807, 2.05) is 0 Å². The molecule has 1 atom stereocenters. The van der Waals surface area contributed by atoms with Crippen LogP contribution in [0.15, 0.2) is 0 Å². The number of rotatable bonds is 4. The first-order valence-electron chi connectivity index (χ1n) is 8.90. The van der Waals surface area contributed by atoms with Crippen molar-refractivity contribution < 1.29 is 0 Å². The summed E-state index contributed by atoms with van der Waals surface area (Å²) in [6.45, 7) is 2.41. The molecule has 0 aromatic rings. The Morgan fingerprint density at radius 1 is 0.684 bits per heavy atom. The van der Waals surface area contributed by atoms with E-state index in [4.69, 9.17) is 11.6 Å². The van der Waals surface area contributed by atoms with Crippen molar-refractivity contribution in [3.63, 3.8) is 0 Å². The number of halogens is 1. The monoisotopic (exact) mass is 302 g/mol. The maximum absolute atomic E-state index is 7.00. The van der Waals surface area contributed by atoms with Crippen LogP contribution in [0.4, 0.5) is 0 Å². The second-order valence-electron chi connectivity index (χ2n) is 7.56. The van der Waals surface area contributed by atoms with Gasteiger partial charge in [0.15, 0.2) is 0 Å². The second kappa shape index (κ2) is 6.23. The Bertz CT molecular complexity index is 243. The molecule has 0 radical (unpaired) electrons. The molecule has 0 saturated heterocycles. The fourth-order valence-corrected chi connectivity index (χ4v) is 16.0. The molecular formula is C17H32ClP. The number of alkyl halides is 1. The molecule has 3 aliphatic carbocycles. The van der Waals surface area contributed by atoms with Crippen molar-refractivity contribution in [1.29, 1.82) is 0 Å². The van der Waals surface area contributed by atoms with Crippen molar-refractivity contribution in [2.75, 3.05) is 0 Å². The van der Waals surface area contributed by atoms with Gasteiger partial charge in [-0.2, -0.15) is 0 Å². The summed E-state index contributed by atoms with van der Waals surface area (Å²) < 4.78 is 0. The molecule has 2 heteroatoms. The molecule has 0 N–H and O–H groups in total. The molecule has 0 aromatic carbocycles. The van der Waals surface area contributed by atoms with Gasteiger partial charge in [0.05, 0.1) is 0 Å². The first kappa shape index (κ1) is 14.6. The van der Waals surface area contributed by atoms with Crippen LogP contribution in [0.1, 0.15) is 84.0 Å². The summed E-state index contributed by atoms with van der Waals surface area (Å²) in [5.74, 6) is 0. The fraction of sp³-hybridized carbons (Fsp3) is 1.00. The fourth-order valence-electron chi connectivity index (χ4n) is 6.25. The van der Waals surface area contributed by atoms with E-state index in [0.717, 1.165) is 17.0 Å². The molecule has 0 nitrogen and oxygen atoms in total. The van der Waals surface area contributed by atoms with Crippen LogP contribution in [0.2, 0.25) is 0 Å². The number of hydrogen-bond acceptors (Lipinski definition) is 0. The van der Waals surface area contributed by atoms with Gasteiger partial charge in [-0.3, -0.25) is 0 Å². The molecule has 0 spiro atoms. The van der Waals surface area contributed by atoms with Gasteiger partial charge in [-0.05, 0) is 0 Å². The molecule has 0 heterocycles. The van der Waals surface area contributed by atoms with E-state index in [1.165, 1.54) is 77.0 Å². The molecule has 3 saturated carbocycles. The molecule has 0 aromatic heterocycles. The van der Waals surface area contributed by atoms with Gasteiger partial charge in [0, 0.05) is 0 Å². The van der Waals surface area contributed by atoms with Gasteiger partial charge in [0.2, 0.25) is 0 Å². The van der Waals surface area contributed by atoms with Crippen LogP contribution in [-0.4, -0.2) is 22.1 Å². The second-order valence-corrected chi connectivity index (χ2v) is 13.9. The Morgan fingerprint density at radius 3 is 1.16 bits per heavy atom. The molecular weight excluding hydrogens is 271 g/mol. The molecule has 3 aliphatic rings. The summed E-state index contributed by atoms with van der Waals surface area (Å²) in [5, 5.41) is 0.529. The van der Waals surface area contributed by atoms with Crippen LogP contribution in [0.25, 0.3) is 0 Å². The van der Waals surface area contributed by atoms with Gasteiger partial charge in [-0.25, -0.2) is 0 Å². The minimum atomic E-state index is -1.31. The average molecular weight is 303 g/mol. The van der Waals surface area contributed by atoms with E-state index in [1.54, 1.807) is 0 Å². The quantitative estimate of drug-likeness (QED) is 0.431. The molecule has 0 bridgehead atoms. The van der Waals surface area contributed by atoms with Crippen molar-refractivity contribution in [2.45, 2.75) is 106 Å². The van der Waals surface area contributed by atoms with Gasteiger partial charge in [-0.1, -0.05) is 0 Å². The van der Waals surface area contributed by atoms with Crippen molar-refractivity contribution >= 4 is 18.9 Å². The van der Waals surface area contributed by atoms with Crippen LogP contribution in [0.5, 0.6) is 0 Å². The van der Waals surface area contributed by atoms with Crippen LogP contribution < -0.4 is 0 Å². The molecule has 0 amide bonds. The van der Waals surface area contributed by atoms with E-state index in [9.17, 15) is 0 Å². The van der Waals surface area contributed by atoms with Gasteiger partial charge in [0.25, 0.3) is 0 Å². The predicted octanol–water partition coefficient (Wildman–Crippen LogP) is 6.15. The summed E-state index contributed by atoms with van der Waals surface area (Å²) in [7, 11) is -1.31. The zero-order valence-corrected chi connectivity index (χ0v) is 14.4. The van der Waals surface area contributed by atoms with Gasteiger partial charge in [-0.15, -0.1) is 0 Å². The van der Waals surface area contributed by atoms with E-state index < -0.39 is 7.26 Å². The van der Waals surface area contributed by atoms with E-state index in [-0.39, 0.29) is 0 Å². The normalized spacial score (nSPS) is 30.2. The summed E-state index contributed by atoms with van der Waals surface area (Å²) in [6, 6.07) is 0. The van der Waals surface area contributed by atoms with Gasteiger partial charge in [0.1, 0.15) is 0 Å². The van der Waals surface area contributed by atoms with E-state index >= 15 is 0 Å². The van der Waals surface area contributed by atoms with Crippen LogP contribution in [0.3, 0.4) is 0 Å². The van der Waals surface area contributed by atoms with Gasteiger partial charge < -0.3 is 0 Å². The Labute approximate surface area is 125 Å². The maximum atomic E-state index is 7.00. The first-order valence-corrected chi connectivity index (χ1v) is 11.6. The number of hydrogen-bond donors (Lipinski definition) is 0. The third-order valence-electron chi connectivity index (χ3n) is 6.88. The van der Waals surface area contributed by atoms with Gasteiger partial charge >= 0.3 is 125 Å². The summed E-state index contributed by atoms with van der Waals surface area (Å²) in [4.78, 5) is 0. The molecule has 3 rings (SSSR count). The van der Waals surface area contributed by atoms with E-state index in [0.29, 0.717) is 5.12 Å². The Kier molecular flexibility index (Phi) is 4.80. The third-order valence-corrected chi connectivity index (χ3v) is 15.4. The molecule has 112 valence electrons. The summed E-state index contributed by atoms with van der Waals surface area (Å²) in [5.41, 5.74) is 3.27. The van der Waals surface area contributed by atoms with Crippen molar-refractivity contribution in [3.05, 3.63) is 0 Å². The van der Waals surface area contributed by atoms with Crippen molar-refractivity contribution in [2.24, 2.45) is 0 Å². The summed E-state index contributed by atoms with van der Waals surface area (Å²) in [6.07, 6.45) is 18.2. The minimum absolute atomic E-state index is 0.529. The molecule has 0 unspecified atom stereocenters. The Morgan fingerprint density at radius 2 is 0.947 bits per heavy atom. The average Bonchev–Trinajstić information content (AvgIpc) is 3.15. The Hall–Kier alpha value is 0.720. The Balaban J connectivity index is 1.93. The zero-order valence-electron chi connectivity index (χ0n) is 12.7. The van der Waals surface area contributed by atoms with E-state index in [2.05, 4.69) is 6.92 Å². The predicted molar refractivity (Wildman–Crippen MR) is 90.4 cm³/mol. The van der Waals surface area contributed by atoms with Crippen LogP contribution in [0, 0.1) is 0 Å². The van der Waals surface area contributed by atoms with Crippen LogP contribution in [-0.2, 0) is 0 Å². The standard InChI is InChI=1S/C17H32ClP/c1-14(18)19(15-8-2-3-9-15,16-10-4-5-11-16)17-12-6-7-13-17/h14-17,19H,2-13H2,1H3/t14-/m1/s1. The van der Waals surface area contributed by atoms with Crippen molar-refractivity contribution in [3.8, 4) is 0 Å². The zero-order chi connectivity index (χ0) is 13.3. The van der Waals surface area contributed by atoms with Crippen molar-refractivity contribution in [1.82, 2.24) is 0 Å². The van der Waals surface area contributed by atoms with Crippen LogP contribution >= 0.6 is 18.9 Å². The molecule has 19 heavy (non-hydrogen) atoms. The summed E-state index contributed by atoms with van der Waals surface area (Å²) >= 11 is 7.00.